The first-order chi connectivity index (χ1) is 9.70. The zero-order valence-electron chi connectivity index (χ0n) is 12.8. The summed E-state index contributed by atoms with van der Waals surface area (Å²) >= 11 is 0. The molecule has 1 aromatic rings. The zero-order chi connectivity index (χ0) is 14.4. The second-order valence-corrected chi connectivity index (χ2v) is 5.95. The fraction of sp³-hybridized carbons (Fsp3) is 0.647. The van der Waals surface area contributed by atoms with Crippen molar-refractivity contribution in [3.8, 4) is 5.75 Å². The first kappa shape index (κ1) is 15.3. The van der Waals surface area contributed by atoms with Crippen LogP contribution in [0.25, 0.3) is 0 Å². The van der Waals surface area contributed by atoms with Crippen molar-refractivity contribution in [1.82, 2.24) is 10.2 Å². The van der Waals surface area contributed by atoms with Crippen LogP contribution in [0.15, 0.2) is 24.3 Å². The summed E-state index contributed by atoms with van der Waals surface area (Å²) in [5.41, 5.74) is 1.21. The van der Waals surface area contributed by atoms with Crippen molar-refractivity contribution in [3.05, 3.63) is 29.8 Å². The maximum Gasteiger partial charge on any atom is 0.115 e. The monoisotopic (exact) mass is 276 g/mol. The standard InChI is InChI=1S/C17H28N2O/c1-3-10-18-14(2)17-9-4-5-11-19(17)13-15-7-6-8-16(20)12-15/h6-8,12,14,17-18,20H,3-5,9-11,13H2,1-2H3. The minimum Gasteiger partial charge on any atom is -0.508 e. The van der Waals surface area contributed by atoms with Crippen LogP contribution in [0.1, 0.15) is 45.1 Å². The van der Waals surface area contributed by atoms with Crippen molar-refractivity contribution in [2.75, 3.05) is 13.1 Å². The molecule has 2 N–H and O–H groups in total. The predicted octanol–water partition coefficient (Wildman–Crippen LogP) is 3.13. The lowest BCUT2D eigenvalue weighted by molar-refractivity contribution is 0.112. The average molecular weight is 276 g/mol. The number of hydrogen-bond donors (Lipinski definition) is 2. The lowest BCUT2D eigenvalue weighted by Crippen LogP contribution is -2.50. The molecular formula is C17H28N2O. The summed E-state index contributed by atoms with van der Waals surface area (Å²) in [7, 11) is 0. The molecule has 1 aliphatic rings. The van der Waals surface area contributed by atoms with Gasteiger partial charge in [-0.25, -0.2) is 0 Å². The molecule has 0 aromatic heterocycles. The number of phenolic OH excluding ortho intramolecular Hbond substituents is 1. The highest BCUT2D eigenvalue weighted by Gasteiger charge is 2.26. The molecule has 0 aliphatic carbocycles. The van der Waals surface area contributed by atoms with Crippen LogP contribution >= 0.6 is 0 Å². The number of nitrogens with one attached hydrogen (secondary N) is 1. The molecule has 1 aromatic carbocycles. The van der Waals surface area contributed by atoms with E-state index in [2.05, 4.69) is 30.1 Å². The topological polar surface area (TPSA) is 35.5 Å². The molecule has 2 atom stereocenters. The lowest BCUT2D eigenvalue weighted by Gasteiger charge is -2.39. The van der Waals surface area contributed by atoms with Crippen molar-refractivity contribution < 1.29 is 5.11 Å². The van der Waals surface area contributed by atoms with Gasteiger partial charge in [0.2, 0.25) is 0 Å². The van der Waals surface area contributed by atoms with E-state index in [1.807, 2.05) is 12.1 Å². The summed E-state index contributed by atoms with van der Waals surface area (Å²) in [5, 5.41) is 13.2. The van der Waals surface area contributed by atoms with Gasteiger partial charge in [-0.3, -0.25) is 4.90 Å². The van der Waals surface area contributed by atoms with E-state index in [4.69, 9.17) is 0 Å². The van der Waals surface area contributed by atoms with Gasteiger partial charge < -0.3 is 10.4 Å². The second kappa shape index (κ2) is 7.65. The van der Waals surface area contributed by atoms with Crippen molar-refractivity contribution in [1.29, 1.82) is 0 Å². The van der Waals surface area contributed by atoms with E-state index >= 15 is 0 Å². The Morgan fingerprint density at radius 1 is 1.40 bits per heavy atom. The normalized spacial score (nSPS) is 21.8. The van der Waals surface area contributed by atoms with Gasteiger partial charge >= 0.3 is 0 Å². The first-order valence-corrected chi connectivity index (χ1v) is 7.96. The molecule has 0 spiro atoms. The van der Waals surface area contributed by atoms with Gasteiger partial charge in [0.1, 0.15) is 5.75 Å². The van der Waals surface area contributed by atoms with E-state index in [9.17, 15) is 5.11 Å². The van der Waals surface area contributed by atoms with Gasteiger partial charge in [-0.1, -0.05) is 25.5 Å². The molecule has 0 saturated carbocycles. The van der Waals surface area contributed by atoms with Gasteiger partial charge in [0.15, 0.2) is 0 Å². The summed E-state index contributed by atoms with van der Waals surface area (Å²) in [4.78, 5) is 2.58. The van der Waals surface area contributed by atoms with Crippen LogP contribution in [0.3, 0.4) is 0 Å². The van der Waals surface area contributed by atoms with Gasteiger partial charge in [-0.15, -0.1) is 0 Å². The van der Waals surface area contributed by atoms with Crippen molar-refractivity contribution in [2.45, 2.75) is 58.2 Å². The Balaban J connectivity index is 1.99. The highest BCUT2D eigenvalue weighted by atomic mass is 16.3. The Bertz CT molecular complexity index is 408. The van der Waals surface area contributed by atoms with Gasteiger partial charge in [-0.05, 0) is 57.0 Å². The molecule has 1 fully saturated rings. The fourth-order valence-electron chi connectivity index (χ4n) is 3.18. The van der Waals surface area contributed by atoms with Crippen molar-refractivity contribution >= 4 is 0 Å². The molecule has 112 valence electrons. The first-order valence-electron chi connectivity index (χ1n) is 7.96. The largest absolute Gasteiger partial charge is 0.508 e. The van der Waals surface area contributed by atoms with Gasteiger partial charge in [-0.2, -0.15) is 0 Å². The number of rotatable bonds is 6. The lowest BCUT2D eigenvalue weighted by atomic mass is 9.95. The van der Waals surface area contributed by atoms with E-state index in [0.29, 0.717) is 17.8 Å². The molecule has 3 heteroatoms. The molecule has 1 saturated heterocycles. The minimum atomic E-state index is 0.369. The molecule has 2 unspecified atom stereocenters. The third kappa shape index (κ3) is 4.22. The average Bonchev–Trinajstić information content (AvgIpc) is 2.45. The van der Waals surface area contributed by atoms with Crippen molar-refractivity contribution in [3.63, 3.8) is 0 Å². The Morgan fingerprint density at radius 2 is 2.25 bits per heavy atom. The summed E-state index contributed by atoms with van der Waals surface area (Å²) in [5.74, 6) is 0.369. The number of piperidine rings is 1. The molecule has 2 rings (SSSR count). The Kier molecular flexibility index (Phi) is 5.86. The van der Waals surface area contributed by atoms with Crippen LogP contribution in [0.2, 0.25) is 0 Å². The molecule has 20 heavy (non-hydrogen) atoms. The molecule has 0 radical (unpaired) electrons. The molecular weight excluding hydrogens is 248 g/mol. The van der Waals surface area contributed by atoms with E-state index in [1.54, 1.807) is 6.07 Å². The van der Waals surface area contributed by atoms with Gasteiger partial charge in [0.25, 0.3) is 0 Å². The van der Waals surface area contributed by atoms with Crippen LogP contribution in [0.4, 0.5) is 0 Å². The number of aromatic hydroxyl groups is 1. The third-order valence-corrected chi connectivity index (χ3v) is 4.25. The SMILES string of the molecule is CCCNC(C)C1CCCCN1Cc1cccc(O)c1. The Morgan fingerprint density at radius 3 is 3.00 bits per heavy atom. The fourth-order valence-corrected chi connectivity index (χ4v) is 3.18. The number of likely N-dealkylation sites (tertiary alicyclic amines) is 1. The predicted molar refractivity (Wildman–Crippen MR) is 83.9 cm³/mol. The molecule has 0 amide bonds. The minimum absolute atomic E-state index is 0.369. The number of hydrogen-bond acceptors (Lipinski definition) is 3. The molecule has 3 nitrogen and oxygen atoms in total. The highest BCUT2D eigenvalue weighted by Crippen LogP contribution is 2.23. The quantitative estimate of drug-likeness (QED) is 0.838. The summed E-state index contributed by atoms with van der Waals surface area (Å²) in [6, 6.07) is 8.81. The van der Waals surface area contributed by atoms with Gasteiger partial charge in [0.05, 0.1) is 0 Å². The van der Waals surface area contributed by atoms with Crippen LogP contribution in [-0.2, 0) is 6.54 Å². The zero-order valence-corrected chi connectivity index (χ0v) is 12.8. The van der Waals surface area contributed by atoms with Crippen LogP contribution in [0.5, 0.6) is 5.75 Å². The van der Waals surface area contributed by atoms with E-state index < -0.39 is 0 Å². The summed E-state index contributed by atoms with van der Waals surface area (Å²) in [6.45, 7) is 7.72. The van der Waals surface area contributed by atoms with E-state index in [-0.39, 0.29) is 0 Å². The van der Waals surface area contributed by atoms with Crippen LogP contribution in [-0.4, -0.2) is 35.2 Å². The molecule has 0 bridgehead atoms. The maximum atomic E-state index is 9.60. The van der Waals surface area contributed by atoms with Crippen LogP contribution < -0.4 is 5.32 Å². The molecule has 1 aliphatic heterocycles. The Labute approximate surface area is 123 Å². The summed E-state index contributed by atoms with van der Waals surface area (Å²) in [6.07, 6.45) is 5.08. The highest BCUT2D eigenvalue weighted by molar-refractivity contribution is 5.27. The second-order valence-electron chi connectivity index (χ2n) is 5.95. The van der Waals surface area contributed by atoms with Crippen LogP contribution in [0, 0.1) is 0 Å². The van der Waals surface area contributed by atoms with Gasteiger partial charge in [0, 0.05) is 18.6 Å². The number of benzene rings is 1. The number of nitrogens with zero attached hydrogens (tertiary/aromatic N) is 1. The third-order valence-electron chi connectivity index (χ3n) is 4.25. The summed E-state index contributed by atoms with van der Waals surface area (Å²) < 4.78 is 0. The smallest absolute Gasteiger partial charge is 0.115 e. The molecule has 1 heterocycles. The number of phenols is 1. The van der Waals surface area contributed by atoms with E-state index in [1.165, 1.54) is 37.8 Å². The van der Waals surface area contributed by atoms with E-state index in [0.717, 1.165) is 13.1 Å². The maximum absolute atomic E-state index is 9.60. The Hall–Kier alpha value is -1.06. The van der Waals surface area contributed by atoms with Crippen molar-refractivity contribution in [2.24, 2.45) is 0 Å².